The molecule has 0 spiro atoms. The molecule has 0 saturated carbocycles. The topological polar surface area (TPSA) is 58.9 Å². The van der Waals surface area contributed by atoms with E-state index in [0.29, 0.717) is 5.39 Å². The van der Waals surface area contributed by atoms with E-state index in [1.54, 1.807) is 12.1 Å². The Labute approximate surface area is 82.7 Å². The minimum absolute atomic E-state index is 0.130. The number of anilines is 1. The maximum Gasteiger partial charge on any atom is 0.212 e. The van der Waals surface area contributed by atoms with Gasteiger partial charge in [-0.05, 0) is 28.1 Å². The van der Waals surface area contributed by atoms with Crippen LogP contribution in [0.15, 0.2) is 33.7 Å². The SMILES string of the molecule is Nc1c[nH]c2c(Br)cccc2c1=O. The van der Waals surface area contributed by atoms with Gasteiger partial charge in [-0.1, -0.05) is 6.07 Å². The van der Waals surface area contributed by atoms with E-state index in [-0.39, 0.29) is 11.1 Å². The zero-order valence-electron chi connectivity index (χ0n) is 6.67. The van der Waals surface area contributed by atoms with Gasteiger partial charge < -0.3 is 10.7 Å². The molecule has 2 aromatic rings. The highest BCUT2D eigenvalue weighted by Crippen LogP contribution is 2.19. The van der Waals surface area contributed by atoms with E-state index in [4.69, 9.17) is 5.73 Å². The van der Waals surface area contributed by atoms with Crippen molar-refractivity contribution in [1.82, 2.24) is 4.98 Å². The number of nitrogen functional groups attached to an aromatic ring is 1. The molecule has 1 heterocycles. The Hall–Kier alpha value is -1.29. The summed E-state index contributed by atoms with van der Waals surface area (Å²) in [5.74, 6) is 0. The predicted octanol–water partition coefficient (Wildman–Crippen LogP) is 1.87. The molecule has 0 aliphatic heterocycles. The fourth-order valence-electron chi connectivity index (χ4n) is 1.23. The number of pyridine rings is 1. The molecule has 1 aromatic heterocycles. The molecule has 3 nitrogen and oxygen atoms in total. The second-order valence-electron chi connectivity index (χ2n) is 2.74. The lowest BCUT2D eigenvalue weighted by Gasteiger charge is -2.00. The van der Waals surface area contributed by atoms with Gasteiger partial charge in [-0.25, -0.2) is 0 Å². The fraction of sp³-hybridized carbons (Fsp3) is 0. The molecular weight excluding hydrogens is 232 g/mol. The highest BCUT2D eigenvalue weighted by molar-refractivity contribution is 9.10. The number of halogens is 1. The molecule has 0 aliphatic carbocycles. The van der Waals surface area contributed by atoms with E-state index in [1.165, 1.54) is 6.20 Å². The fourth-order valence-corrected chi connectivity index (χ4v) is 1.71. The first-order chi connectivity index (χ1) is 6.20. The lowest BCUT2D eigenvalue weighted by Crippen LogP contribution is -2.08. The average molecular weight is 239 g/mol. The first-order valence-electron chi connectivity index (χ1n) is 3.75. The highest BCUT2D eigenvalue weighted by atomic mass is 79.9. The molecule has 0 radical (unpaired) electrons. The van der Waals surface area contributed by atoms with Gasteiger partial charge in [0.15, 0.2) is 0 Å². The Bertz CT molecular complexity index is 518. The lowest BCUT2D eigenvalue weighted by molar-refractivity contribution is 1.38. The minimum Gasteiger partial charge on any atom is -0.394 e. The van der Waals surface area contributed by atoms with Gasteiger partial charge in [-0.3, -0.25) is 4.79 Å². The van der Waals surface area contributed by atoms with Crippen LogP contribution in [0.1, 0.15) is 0 Å². The van der Waals surface area contributed by atoms with Gasteiger partial charge in [0, 0.05) is 16.1 Å². The number of H-pyrrole nitrogens is 1. The second-order valence-corrected chi connectivity index (χ2v) is 3.59. The number of hydrogen-bond acceptors (Lipinski definition) is 2. The number of aromatic nitrogens is 1. The van der Waals surface area contributed by atoms with E-state index in [2.05, 4.69) is 20.9 Å². The standard InChI is InChI=1S/C9H7BrN2O/c10-6-3-1-2-5-8(6)12-4-7(11)9(5)13/h1-4H,11H2,(H,12,13). The largest absolute Gasteiger partial charge is 0.394 e. The summed E-state index contributed by atoms with van der Waals surface area (Å²) in [6.45, 7) is 0. The maximum absolute atomic E-state index is 11.5. The van der Waals surface area contributed by atoms with Gasteiger partial charge in [0.2, 0.25) is 5.43 Å². The third kappa shape index (κ3) is 1.23. The monoisotopic (exact) mass is 238 g/mol. The van der Waals surface area contributed by atoms with Crippen LogP contribution in [0.3, 0.4) is 0 Å². The van der Waals surface area contributed by atoms with Crippen LogP contribution in [-0.4, -0.2) is 4.98 Å². The number of fused-ring (bicyclic) bond motifs is 1. The van der Waals surface area contributed by atoms with E-state index >= 15 is 0 Å². The molecule has 0 unspecified atom stereocenters. The Morgan fingerprint density at radius 2 is 2.15 bits per heavy atom. The van der Waals surface area contributed by atoms with E-state index in [1.807, 2.05) is 6.07 Å². The van der Waals surface area contributed by atoms with E-state index in [0.717, 1.165) is 9.99 Å². The van der Waals surface area contributed by atoms with Crippen LogP contribution in [-0.2, 0) is 0 Å². The molecule has 0 bridgehead atoms. The number of hydrogen-bond donors (Lipinski definition) is 2. The normalized spacial score (nSPS) is 10.5. The van der Waals surface area contributed by atoms with Crippen LogP contribution < -0.4 is 11.2 Å². The van der Waals surface area contributed by atoms with Gasteiger partial charge in [0.1, 0.15) is 0 Å². The first kappa shape index (κ1) is 8.31. The summed E-state index contributed by atoms with van der Waals surface area (Å²) in [7, 11) is 0. The molecule has 0 fully saturated rings. The lowest BCUT2D eigenvalue weighted by atomic mass is 10.2. The zero-order valence-corrected chi connectivity index (χ0v) is 8.26. The van der Waals surface area contributed by atoms with Gasteiger partial charge in [-0.15, -0.1) is 0 Å². The summed E-state index contributed by atoms with van der Waals surface area (Å²) >= 11 is 3.34. The number of nitrogens with two attached hydrogens (primary N) is 1. The summed E-state index contributed by atoms with van der Waals surface area (Å²) in [5.41, 5.74) is 6.37. The van der Waals surface area contributed by atoms with Crippen molar-refractivity contribution in [2.45, 2.75) is 0 Å². The third-order valence-electron chi connectivity index (χ3n) is 1.89. The average Bonchev–Trinajstić information content (AvgIpc) is 2.12. The van der Waals surface area contributed by atoms with Crippen molar-refractivity contribution < 1.29 is 0 Å². The van der Waals surface area contributed by atoms with Crippen molar-refractivity contribution in [3.8, 4) is 0 Å². The van der Waals surface area contributed by atoms with Crippen LogP contribution >= 0.6 is 15.9 Å². The summed E-state index contributed by atoms with van der Waals surface area (Å²) < 4.78 is 0.863. The molecular formula is C9H7BrN2O. The van der Waals surface area contributed by atoms with Crippen LogP contribution in [0, 0.1) is 0 Å². The van der Waals surface area contributed by atoms with E-state index < -0.39 is 0 Å². The Morgan fingerprint density at radius 3 is 2.92 bits per heavy atom. The van der Waals surface area contributed by atoms with Crippen LogP contribution in [0.25, 0.3) is 10.9 Å². The minimum atomic E-state index is -0.130. The molecule has 4 heteroatoms. The molecule has 3 N–H and O–H groups in total. The first-order valence-corrected chi connectivity index (χ1v) is 4.55. The number of rotatable bonds is 0. The van der Waals surface area contributed by atoms with Crippen molar-refractivity contribution in [1.29, 1.82) is 0 Å². The highest BCUT2D eigenvalue weighted by Gasteiger charge is 2.03. The molecule has 1 aromatic carbocycles. The quantitative estimate of drug-likeness (QED) is 0.737. The Kier molecular flexibility index (Phi) is 1.84. The summed E-state index contributed by atoms with van der Waals surface area (Å²) in [4.78, 5) is 14.5. The molecule has 13 heavy (non-hydrogen) atoms. The summed E-state index contributed by atoms with van der Waals surface area (Å²) in [6.07, 6.45) is 1.51. The van der Waals surface area contributed by atoms with Crippen molar-refractivity contribution in [2.24, 2.45) is 0 Å². The molecule has 0 saturated heterocycles. The molecule has 0 atom stereocenters. The van der Waals surface area contributed by atoms with Gasteiger partial charge in [0.05, 0.1) is 11.2 Å². The smallest absolute Gasteiger partial charge is 0.212 e. The van der Waals surface area contributed by atoms with Crippen molar-refractivity contribution in [3.05, 3.63) is 39.1 Å². The Morgan fingerprint density at radius 1 is 1.38 bits per heavy atom. The van der Waals surface area contributed by atoms with E-state index in [9.17, 15) is 4.79 Å². The van der Waals surface area contributed by atoms with Gasteiger partial charge >= 0.3 is 0 Å². The van der Waals surface area contributed by atoms with Crippen LogP contribution in [0.2, 0.25) is 0 Å². The number of nitrogens with one attached hydrogen (secondary N) is 1. The molecule has 66 valence electrons. The van der Waals surface area contributed by atoms with Crippen LogP contribution in [0.4, 0.5) is 5.69 Å². The third-order valence-corrected chi connectivity index (χ3v) is 2.55. The molecule has 2 rings (SSSR count). The van der Waals surface area contributed by atoms with Crippen LogP contribution in [0.5, 0.6) is 0 Å². The molecule has 0 amide bonds. The predicted molar refractivity (Wildman–Crippen MR) is 56.7 cm³/mol. The van der Waals surface area contributed by atoms with Crippen molar-refractivity contribution in [2.75, 3.05) is 5.73 Å². The number of benzene rings is 1. The number of aromatic amines is 1. The van der Waals surface area contributed by atoms with Gasteiger partial charge in [0.25, 0.3) is 0 Å². The second kappa shape index (κ2) is 2.88. The van der Waals surface area contributed by atoms with Gasteiger partial charge in [-0.2, -0.15) is 0 Å². The maximum atomic E-state index is 11.5. The Balaban J connectivity index is 3.03. The number of para-hydroxylation sites is 1. The zero-order chi connectivity index (χ0) is 9.42. The van der Waals surface area contributed by atoms with Crippen molar-refractivity contribution >= 4 is 32.5 Å². The van der Waals surface area contributed by atoms with Crippen molar-refractivity contribution in [3.63, 3.8) is 0 Å². The summed E-state index contributed by atoms with van der Waals surface area (Å²) in [5, 5.41) is 0.606. The molecule has 0 aliphatic rings. The summed E-state index contributed by atoms with van der Waals surface area (Å²) in [6, 6.07) is 5.42.